The van der Waals surface area contributed by atoms with E-state index in [1.165, 1.54) is 60.8 Å². The summed E-state index contributed by atoms with van der Waals surface area (Å²) in [6, 6.07) is 85.9. The fourth-order valence-corrected chi connectivity index (χ4v) is 10.1. The topological polar surface area (TPSA) is 12.5 Å². The molecule has 0 spiro atoms. The lowest BCUT2D eigenvalue weighted by Gasteiger charge is -2.34. The molecule has 0 fully saturated rings. The van der Waals surface area contributed by atoms with E-state index in [2.05, 4.69) is 241 Å². The first kappa shape index (κ1) is 35.0. The molecule has 10 aromatic rings. The van der Waals surface area contributed by atoms with Gasteiger partial charge < -0.3 is 9.64 Å². The summed E-state index contributed by atoms with van der Waals surface area (Å²) >= 11 is 0. The normalized spacial score (nSPS) is 12.9. The van der Waals surface area contributed by atoms with Crippen LogP contribution in [0.1, 0.15) is 22.3 Å². The molecule has 2 aliphatic rings. The van der Waals surface area contributed by atoms with E-state index in [1.54, 1.807) is 0 Å². The van der Waals surface area contributed by atoms with Crippen LogP contribution in [0.5, 0.6) is 11.5 Å². The zero-order valence-corrected chi connectivity index (χ0v) is 33.4. The molecule has 286 valence electrons. The smallest absolute Gasteiger partial charge is 0.137 e. The van der Waals surface area contributed by atoms with E-state index in [0.717, 1.165) is 45.3 Å². The Balaban J connectivity index is 1.13. The molecule has 1 aliphatic carbocycles. The summed E-state index contributed by atoms with van der Waals surface area (Å²) in [5.74, 6) is 1.67. The molecule has 2 heteroatoms. The Morgan fingerprint density at radius 1 is 0.344 bits per heavy atom. The van der Waals surface area contributed by atoms with Crippen LogP contribution in [0.25, 0.3) is 55.3 Å². The lowest BCUT2D eigenvalue weighted by molar-refractivity contribution is 0.488. The molecular weight excluding hydrogens is 739 g/mol. The van der Waals surface area contributed by atoms with Gasteiger partial charge in [0, 0.05) is 28.1 Å². The maximum atomic E-state index is 6.99. The van der Waals surface area contributed by atoms with Gasteiger partial charge in [-0.1, -0.05) is 194 Å². The Morgan fingerprint density at radius 3 is 1.70 bits per heavy atom. The summed E-state index contributed by atoms with van der Waals surface area (Å²) in [5.41, 5.74) is 17.0. The second-order valence-corrected chi connectivity index (χ2v) is 16.0. The van der Waals surface area contributed by atoms with E-state index in [0.29, 0.717) is 0 Å². The fraction of sp³-hybridized carbons (Fsp3) is 0.0169. The van der Waals surface area contributed by atoms with Gasteiger partial charge in [-0.05, 0) is 103 Å². The number of hydrogen-bond acceptors (Lipinski definition) is 2. The van der Waals surface area contributed by atoms with Crippen LogP contribution in [0.3, 0.4) is 0 Å². The molecule has 2 nitrogen and oxygen atoms in total. The molecule has 0 aromatic heterocycles. The van der Waals surface area contributed by atoms with Crippen molar-refractivity contribution in [2.45, 2.75) is 5.41 Å². The molecule has 12 rings (SSSR count). The van der Waals surface area contributed by atoms with Crippen molar-refractivity contribution in [1.29, 1.82) is 0 Å². The van der Waals surface area contributed by atoms with Crippen molar-refractivity contribution in [1.82, 2.24) is 0 Å². The third-order valence-corrected chi connectivity index (χ3v) is 12.8. The predicted molar refractivity (Wildman–Crippen MR) is 252 cm³/mol. The first-order valence-corrected chi connectivity index (χ1v) is 21.0. The van der Waals surface area contributed by atoms with Gasteiger partial charge in [0.25, 0.3) is 0 Å². The third kappa shape index (κ3) is 5.43. The van der Waals surface area contributed by atoms with Crippen LogP contribution in [-0.4, -0.2) is 0 Å². The van der Waals surface area contributed by atoms with E-state index in [-0.39, 0.29) is 0 Å². The average molecular weight is 778 g/mol. The van der Waals surface area contributed by atoms with Crippen LogP contribution in [0.15, 0.2) is 237 Å². The Kier molecular flexibility index (Phi) is 8.11. The monoisotopic (exact) mass is 777 g/mol. The van der Waals surface area contributed by atoms with Crippen molar-refractivity contribution in [3.05, 3.63) is 259 Å². The molecular formula is C59H39NO. The minimum atomic E-state index is -0.488. The summed E-state index contributed by atoms with van der Waals surface area (Å²) in [5, 5.41) is 2.40. The molecule has 1 aliphatic heterocycles. The van der Waals surface area contributed by atoms with Crippen molar-refractivity contribution in [3.63, 3.8) is 0 Å². The molecule has 10 aromatic carbocycles. The number of nitrogens with zero attached hydrogens (tertiary/aromatic N) is 1. The highest BCUT2D eigenvalue weighted by molar-refractivity contribution is 6.09. The predicted octanol–water partition coefficient (Wildman–Crippen LogP) is 15.8. The molecule has 0 radical (unpaired) electrons. The van der Waals surface area contributed by atoms with Crippen LogP contribution >= 0.6 is 0 Å². The maximum Gasteiger partial charge on any atom is 0.137 e. The summed E-state index contributed by atoms with van der Waals surface area (Å²) in [4.78, 5) is 2.43. The second-order valence-electron chi connectivity index (χ2n) is 16.0. The summed E-state index contributed by atoms with van der Waals surface area (Å²) in [7, 11) is 0. The Morgan fingerprint density at radius 2 is 0.934 bits per heavy atom. The standard InChI is InChI=1S/C59H39NO/c1-4-17-40(18-5-1)41-31-34-45(35-32-41)60(54-28-16-30-56-58(54)50-37-33-42-19-10-11-24-47(42)57(50)49-26-13-15-29-55(49)61-56)46-36-38-53-51(39-46)48-25-12-14-27-52(48)59(53,43-20-6-2-7-21-43)44-22-8-3-9-23-44/h1-39H. The molecule has 61 heavy (non-hydrogen) atoms. The number of anilines is 3. The van der Waals surface area contributed by atoms with Crippen LogP contribution in [-0.2, 0) is 5.41 Å². The number of rotatable bonds is 6. The Labute approximate surface area is 356 Å². The molecule has 0 unspecified atom stereocenters. The van der Waals surface area contributed by atoms with Gasteiger partial charge in [0.1, 0.15) is 11.5 Å². The number of ether oxygens (including phenoxy) is 1. The largest absolute Gasteiger partial charge is 0.456 e. The fourth-order valence-electron chi connectivity index (χ4n) is 10.1. The van der Waals surface area contributed by atoms with Crippen LogP contribution in [0.2, 0.25) is 0 Å². The van der Waals surface area contributed by atoms with Gasteiger partial charge in [-0.2, -0.15) is 0 Å². The zero-order valence-electron chi connectivity index (χ0n) is 33.4. The number of benzene rings is 10. The molecule has 1 heterocycles. The van der Waals surface area contributed by atoms with Gasteiger partial charge in [0.15, 0.2) is 0 Å². The van der Waals surface area contributed by atoms with Gasteiger partial charge in [-0.3, -0.25) is 0 Å². The van der Waals surface area contributed by atoms with E-state index in [1.807, 2.05) is 0 Å². The molecule has 0 atom stereocenters. The number of hydrogen-bond donors (Lipinski definition) is 0. The summed E-state index contributed by atoms with van der Waals surface area (Å²) in [6.45, 7) is 0. The number of fused-ring (bicyclic) bond motifs is 10. The lowest BCUT2D eigenvalue weighted by atomic mass is 9.68. The second kappa shape index (κ2) is 14.1. The van der Waals surface area contributed by atoms with Crippen molar-refractivity contribution >= 4 is 27.8 Å². The van der Waals surface area contributed by atoms with Crippen molar-refractivity contribution < 1.29 is 4.74 Å². The van der Waals surface area contributed by atoms with Gasteiger partial charge in [-0.15, -0.1) is 0 Å². The molecule has 0 saturated heterocycles. The first-order chi connectivity index (χ1) is 30.3. The van der Waals surface area contributed by atoms with Gasteiger partial charge in [0.05, 0.1) is 11.1 Å². The van der Waals surface area contributed by atoms with Crippen LogP contribution in [0, 0.1) is 0 Å². The highest BCUT2D eigenvalue weighted by Crippen LogP contribution is 2.58. The average Bonchev–Trinajstić information content (AvgIpc) is 3.54. The molecule has 0 bridgehead atoms. The van der Waals surface area contributed by atoms with Crippen LogP contribution < -0.4 is 9.64 Å². The SMILES string of the molecule is c1ccc(-c2ccc(N(c3ccc4c(c3)-c3ccccc3C4(c3ccccc3)c3ccccc3)c3cccc4c3-c3ccc5ccccc5c3-c3ccccc3O4)cc2)cc1. The van der Waals surface area contributed by atoms with E-state index < -0.39 is 5.41 Å². The minimum Gasteiger partial charge on any atom is -0.456 e. The maximum absolute atomic E-state index is 6.99. The van der Waals surface area contributed by atoms with E-state index in [9.17, 15) is 0 Å². The van der Waals surface area contributed by atoms with Gasteiger partial charge >= 0.3 is 0 Å². The molecule has 0 amide bonds. The summed E-state index contributed by atoms with van der Waals surface area (Å²) in [6.07, 6.45) is 0. The molecule has 0 N–H and O–H groups in total. The first-order valence-electron chi connectivity index (χ1n) is 21.0. The van der Waals surface area contributed by atoms with Gasteiger partial charge in [-0.25, -0.2) is 0 Å². The zero-order chi connectivity index (χ0) is 40.3. The Hall–Kier alpha value is -7.94. The summed E-state index contributed by atoms with van der Waals surface area (Å²) < 4.78 is 6.99. The highest BCUT2D eigenvalue weighted by Gasteiger charge is 2.46. The lowest BCUT2D eigenvalue weighted by Crippen LogP contribution is -2.28. The van der Waals surface area contributed by atoms with E-state index in [4.69, 9.17) is 4.74 Å². The van der Waals surface area contributed by atoms with Crippen molar-refractivity contribution in [2.24, 2.45) is 0 Å². The Bertz CT molecular complexity index is 3220. The molecule has 0 saturated carbocycles. The quantitative estimate of drug-likeness (QED) is 0.167. The highest BCUT2D eigenvalue weighted by atomic mass is 16.5. The van der Waals surface area contributed by atoms with Crippen LogP contribution in [0.4, 0.5) is 17.1 Å². The number of para-hydroxylation sites is 1. The van der Waals surface area contributed by atoms with Crippen molar-refractivity contribution in [3.8, 4) is 56.0 Å². The van der Waals surface area contributed by atoms with Crippen molar-refractivity contribution in [2.75, 3.05) is 4.90 Å². The third-order valence-electron chi connectivity index (χ3n) is 12.8. The van der Waals surface area contributed by atoms with E-state index >= 15 is 0 Å². The minimum absolute atomic E-state index is 0.488. The van der Waals surface area contributed by atoms with Gasteiger partial charge in [0.2, 0.25) is 0 Å².